The van der Waals surface area contributed by atoms with Gasteiger partial charge in [0.2, 0.25) is 0 Å². The summed E-state index contributed by atoms with van der Waals surface area (Å²) in [6.45, 7) is 7.50. The van der Waals surface area contributed by atoms with Gasteiger partial charge in [-0.1, -0.05) is 0 Å². The number of alkyl halides is 1. The van der Waals surface area contributed by atoms with Crippen molar-refractivity contribution < 1.29 is 9.53 Å². The molecule has 1 aromatic carbocycles. The maximum absolute atomic E-state index is 11.9. The van der Waals surface area contributed by atoms with Crippen molar-refractivity contribution in [3.8, 4) is 5.75 Å². The highest BCUT2D eigenvalue weighted by atomic mass is 35.5. The van der Waals surface area contributed by atoms with Crippen LogP contribution in [0, 0.1) is 20.8 Å². The van der Waals surface area contributed by atoms with Crippen molar-refractivity contribution in [2.45, 2.75) is 33.1 Å². The molecule has 16 heavy (non-hydrogen) atoms. The predicted molar refractivity (Wildman–Crippen MR) is 66.9 cm³/mol. The summed E-state index contributed by atoms with van der Waals surface area (Å²) in [5.74, 6) is 0.810. The van der Waals surface area contributed by atoms with E-state index in [1.54, 1.807) is 14.0 Å². The molecule has 0 saturated heterocycles. The van der Waals surface area contributed by atoms with Crippen LogP contribution in [-0.2, 0) is 0 Å². The molecule has 0 spiro atoms. The summed E-state index contributed by atoms with van der Waals surface area (Å²) in [6, 6.07) is 1.85. The number of hydrogen-bond donors (Lipinski definition) is 0. The standard InChI is InChI=1S/C13H17ClO2/c1-7-6-11(12(15)10(4)14)8(2)9(3)13(7)16-5/h6,10H,1-5H3. The Morgan fingerprint density at radius 1 is 1.31 bits per heavy atom. The van der Waals surface area contributed by atoms with Crippen LogP contribution in [0.3, 0.4) is 0 Å². The van der Waals surface area contributed by atoms with Crippen molar-refractivity contribution in [3.63, 3.8) is 0 Å². The van der Waals surface area contributed by atoms with Crippen LogP contribution in [0.15, 0.2) is 6.07 Å². The fourth-order valence-corrected chi connectivity index (χ4v) is 1.96. The third-order valence-corrected chi connectivity index (χ3v) is 3.06. The molecule has 0 radical (unpaired) electrons. The van der Waals surface area contributed by atoms with E-state index in [9.17, 15) is 4.79 Å². The molecule has 3 heteroatoms. The SMILES string of the molecule is COc1c(C)cc(C(=O)C(C)Cl)c(C)c1C. The number of rotatable bonds is 3. The highest BCUT2D eigenvalue weighted by molar-refractivity contribution is 6.33. The highest BCUT2D eigenvalue weighted by Gasteiger charge is 2.18. The van der Waals surface area contributed by atoms with Gasteiger partial charge in [-0.25, -0.2) is 0 Å². The Kier molecular flexibility index (Phi) is 3.98. The van der Waals surface area contributed by atoms with E-state index in [4.69, 9.17) is 16.3 Å². The van der Waals surface area contributed by atoms with Crippen LogP contribution in [0.25, 0.3) is 0 Å². The van der Waals surface area contributed by atoms with Crippen LogP contribution in [0.5, 0.6) is 5.75 Å². The van der Waals surface area contributed by atoms with Crippen molar-refractivity contribution >= 4 is 17.4 Å². The minimum Gasteiger partial charge on any atom is -0.496 e. The summed E-state index contributed by atoms with van der Waals surface area (Å²) in [6.07, 6.45) is 0. The number of carbonyl (C=O) groups is 1. The molecule has 2 nitrogen and oxygen atoms in total. The van der Waals surface area contributed by atoms with Gasteiger partial charge in [0, 0.05) is 5.56 Å². The van der Waals surface area contributed by atoms with Crippen LogP contribution in [0.1, 0.15) is 34.0 Å². The fourth-order valence-electron chi connectivity index (χ4n) is 1.84. The van der Waals surface area contributed by atoms with Gasteiger partial charge >= 0.3 is 0 Å². The smallest absolute Gasteiger partial charge is 0.180 e. The lowest BCUT2D eigenvalue weighted by Gasteiger charge is -2.15. The fraction of sp³-hybridized carbons (Fsp3) is 0.462. The molecule has 0 aliphatic carbocycles. The van der Waals surface area contributed by atoms with Crippen molar-refractivity contribution in [2.24, 2.45) is 0 Å². The summed E-state index contributed by atoms with van der Waals surface area (Å²) >= 11 is 5.83. The van der Waals surface area contributed by atoms with Crippen molar-refractivity contribution in [1.82, 2.24) is 0 Å². The molecule has 0 bridgehead atoms. The summed E-state index contributed by atoms with van der Waals surface area (Å²) < 4.78 is 5.31. The third kappa shape index (κ3) is 2.22. The maximum Gasteiger partial charge on any atom is 0.180 e. The number of carbonyl (C=O) groups excluding carboxylic acids is 1. The molecule has 1 unspecified atom stereocenters. The van der Waals surface area contributed by atoms with Gasteiger partial charge in [-0.05, 0) is 50.5 Å². The number of methoxy groups -OCH3 is 1. The Morgan fingerprint density at radius 3 is 2.31 bits per heavy atom. The van der Waals surface area contributed by atoms with E-state index in [-0.39, 0.29) is 5.78 Å². The molecule has 0 fully saturated rings. The maximum atomic E-state index is 11.9. The van der Waals surface area contributed by atoms with E-state index in [1.165, 1.54) is 0 Å². The predicted octanol–water partition coefficient (Wildman–Crippen LogP) is 3.43. The number of aryl methyl sites for hydroxylation is 1. The Morgan fingerprint density at radius 2 is 1.88 bits per heavy atom. The zero-order chi connectivity index (χ0) is 12.5. The van der Waals surface area contributed by atoms with E-state index in [0.29, 0.717) is 5.56 Å². The molecular weight excluding hydrogens is 224 g/mol. The van der Waals surface area contributed by atoms with Gasteiger partial charge < -0.3 is 4.74 Å². The minimum atomic E-state index is -0.495. The zero-order valence-corrected chi connectivity index (χ0v) is 11.1. The molecule has 0 aromatic heterocycles. The average molecular weight is 241 g/mol. The van der Waals surface area contributed by atoms with Gasteiger partial charge in [-0.15, -0.1) is 11.6 Å². The molecule has 88 valence electrons. The Hall–Kier alpha value is -1.02. The average Bonchev–Trinajstić information content (AvgIpc) is 2.23. The van der Waals surface area contributed by atoms with Crippen LogP contribution in [0.2, 0.25) is 0 Å². The lowest BCUT2D eigenvalue weighted by molar-refractivity contribution is 0.0991. The summed E-state index contributed by atoms with van der Waals surface area (Å²) in [4.78, 5) is 11.9. The number of hydrogen-bond acceptors (Lipinski definition) is 2. The number of halogens is 1. The Labute approximate surface area is 102 Å². The molecular formula is C13H17ClO2. The zero-order valence-electron chi connectivity index (χ0n) is 10.3. The molecule has 1 rings (SSSR count). The lowest BCUT2D eigenvalue weighted by Crippen LogP contribution is -2.13. The van der Waals surface area contributed by atoms with Crippen molar-refractivity contribution in [2.75, 3.05) is 7.11 Å². The first-order valence-corrected chi connectivity index (χ1v) is 5.66. The van der Waals surface area contributed by atoms with E-state index >= 15 is 0 Å². The third-order valence-electron chi connectivity index (χ3n) is 2.86. The molecule has 0 N–H and O–H groups in total. The molecule has 0 aliphatic heterocycles. The van der Waals surface area contributed by atoms with E-state index in [2.05, 4.69) is 0 Å². The number of ketones is 1. The lowest BCUT2D eigenvalue weighted by atomic mass is 9.95. The van der Waals surface area contributed by atoms with Crippen LogP contribution in [0.4, 0.5) is 0 Å². The number of ether oxygens (including phenoxy) is 1. The molecule has 0 saturated carbocycles. The highest BCUT2D eigenvalue weighted by Crippen LogP contribution is 2.29. The minimum absolute atomic E-state index is 0.0342. The topological polar surface area (TPSA) is 26.3 Å². The van der Waals surface area contributed by atoms with E-state index < -0.39 is 5.38 Å². The largest absolute Gasteiger partial charge is 0.496 e. The summed E-state index contributed by atoms with van der Waals surface area (Å²) in [5, 5.41) is -0.495. The summed E-state index contributed by atoms with van der Waals surface area (Å²) in [7, 11) is 1.64. The molecule has 1 atom stereocenters. The first-order chi connectivity index (χ1) is 7.40. The quantitative estimate of drug-likeness (QED) is 0.598. The van der Waals surface area contributed by atoms with Crippen LogP contribution in [-0.4, -0.2) is 18.3 Å². The van der Waals surface area contributed by atoms with E-state index in [1.807, 2.05) is 26.8 Å². The van der Waals surface area contributed by atoms with Gasteiger partial charge in [-0.3, -0.25) is 4.79 Å². The van der Waals surface area contributed by atoms with Gasteiger partial charge in [-0.2, -0.15) is 0 Å². The van der Waals surface area contributed by atoms with E-state index in [0.717, 1.165) is 22.4 Å². The second kappa shape index (κ2) is 4.88. The Balaban J connectivity index is 3.40. The van der Waals surface area contributed by atoms with Crippen LogP contribution < -0.4 is 4.74 Å². The molecule has 1 aromatic rings. The van der Waals surface area contributed by atoms with Gasteiger partial charge in [0.25, 0.3) is 0 Å². The Bertz CT molecular complexity index is 422. The summed E-state index contributed by atoms with van der Waals surface area (Å²) in [5.41, 5.74) is 3.60. The normalized spacial score (nSPS) is 12.4. The number of benzene rings is 1. The molecule has 0 aliphatic rings. The second-order valence-electron chi connectivity index (χ2n) is 4.00. The monoisotopic (exact) mass is 240 g/mol. The van der Waals surface area contributed by atoms with Gasteiger partial charge in [0.15, 0.2) is 5.78 Å². The molecule has 0 heterocycles. The van der Waals surface area contributed by atoms with Gasteiger partial charge in [0.1, 0.15) is 5.75 Å². The second-order valence-corrected chi connectivity index (χ2v) is 4.66. The molecule has 0 amide bonds. The first kappa shape index (κ1) is 13.0. The van der Waals surface area contributed by atoms with Crippen molar-refractivity contribution in [3.05, 3.63) is 28.3 Å². The van der Waals surface area contributed by atoms with Crippen molar-refractivity contribution in [1.29, 1.82) is 0 Å². The first-order valence-electron chi connectivity index (χ1n) is 5.23. The number of Topliss-reactive ketones (excluding diaryl/α,β-unsaturated/α-hetero) is 1. The van der Waals surface area contributed by atoms with Gasteiger partial charge in [0.05, 0.1) is 12.5 Å². The van der Waals surface area contributed by atoms with Crippen LogP contribution >= 0.6 is 11.6 Å².